The number of hydrogen-bond donors (Lipinski definition) is 2. The van der Waals surface area contributed by atoms with Crippen LogP contribution in [0.1, 0.15) is 40.2 Å². The Balaban J connectivity index is 2.57. The smallest absolute Gasteiger partial charge is 0.119 e. The standard InChI is InChI=1S/C16H27NO2/c1-12(2)16(5,18)11-19-15-8-6-7-14(9-15)10-17-13(3)4/h6-9,12-13,17-18H,10-11H2,1-5H3. The lowest BCUT2D eigenvalue weighted by molar-refractivity contribution is -0.0266. The van der Waals surface area contributed by atoms with Crippen LogP contribution in [0.3, 0.4) is 0 Å². The fourth-order valence-corrected chi connectivity index (χ4v) is 1.46. The molecule has 1 rings (SSSR count). The summed E-state index contributed by atoms with van der Waals surface area (Å²) in [6.07, 6.45) is 0. The first-order valence-electron chi connectivity index (χ1n) is 6.99. The zero-order valence-corrected chi connectivity index (χ0v) is 12.7. The molecular formula is C16H27NO2. The molecule has 1 atom stereocenters. The van der Waals surface area contributed by atoms with Crippen LogP contribution in [0.4, 0.5) is 0 Å². The van der Waals surface area contributed by atoms with Crippen molar-refractivity contribution in [1.82, 2.24) is 5.32 Å². The van der Waals surface area contributed by atoms with Crippen LogP contribution < -0.4 is 10.1 Å². The number of ether oxygens (including phenoxy) is 1. The van der Waals surface area contributed by atoms with E-state index in [4.69, 9.17) is 4.74 Å². The van der Waals surface area contributed by atoms with E-state index in [9.17, 15) is 5.11 Å². The van der Waals surface area contributed by atoms with Gasteiger partial charge in [-0.05, 0) is 30.5 Å². The Morgan fingerprint density at radius 3 is 2.53 bits per heavy atom. The zero-order valence-electron chi connectivity index (χ0n) is 12.7. The molecule has 0 radical (unpaired) electrons. The first-order valence-corrected chi connectivity index (χ1v) is 6.99. The summed E-state index contributed by atoms with van der Waals surface area (Å²) >= 11 is 0. The van der Waals surface area contributed by atoms with Crippen LogP contribution in [-0.4, -0.2) is 23.4 Å². The van der Waals surface area contributed by atoms with Crippen molar-refractivity contribution in [1.29, 1.82) is 0 Å². The Morgan fingerprint density at radius 2 is 1.95 bits per heavy atom. The molecule has 19 heavy (non-hydrogen) atoms. The molecule has 0 aliphatic rings. The van der Waals surface area contributed by atoms with Gasteiger partial charge in [0.2, 0.25) is 0 Å². The van der Waals surface area contributed by atoms with E-state index in [-0.39, 0.29) is 5.92 Å². The molecule has 1 aromatic rings. The molecule has 0 spiro atoms. The summed E-state index contributed by atoms with van der Waals surface area (Å²) in [6.45, 7) is 11.2. The summed E-state index contributed by atoms with van der Waals surface area (Å²) in [5, 5.41) is 13.5. The highest BCUT2D eigenvalue weighted by Gasteiger charge is 2.25. The lowest BCUT2D eigenvalue weighted by Gasteiger charge is -2.27. The van der Waals surface area contributed by atoms with Crippen molar-refractivity contribution in [3.63, 3.8) is 0 Å². The van der Waals surface area contributed by atoms with Gasteiger partial charge in [0, 0.05) is 12.6 Å². The molecule has 2 N–H and O–H groups in total. The lowest BCUT2D eigenvalue weighted by atomic mass is 9.94. The minimum absolute atomic E-state index is 0.165. The molecule has 0 saturated heterocycles. The normalized spacial score (nSPS) is 14.7. The van der Waals surface area contributed by atoms with E-state index in [0.29, 0.717) is 12.6 Å². The monoisotopic (exact) mass is 265 g/mol. The topological polar surface area (TPSA) is 41.5 Å². The van der Waals surface area contributed by atoms with Crippen LogP contribution in [0.2, 0.25) is 0 Å². The van der Waals surface area contributed by atoms with E-state index in [1.807, 2.05) is 39.0 Å². The molecule has 1 aromatic carbocycles. The van der Waals surface area contributed by atoms with Crippen molar-refractivity contribution >= 4 is 0 Å². The summed E-state index contributed by atoms with van der Waals surface area (Å²) in [5.41, 5.74) is 0.391. The van der Waals surface area contributed by atoms with Gasteiger partial charge in [0.05, 0.1) is 5.60 Å². The summed E-state index contributed by atoms with van der Waals surface area (Å²) in [6, 6.07) is 8.46. The molecule has 0 aliphatic carbocycles. The third-order valence-corrected chi connectivity index (χ3v) is 3.39. The number of rotatable bonds is 7. The Bertz CT molecular complexity index is 386. The summed E-state index contributed by atoms with van der Waals surface area (Å²) in [5.74, 6) is 0.974. The van der Waals surface area contributed by atoms with E-state index in [0.717, 1.165) is 12.3 Å². The van der Waals surface area contributed by atoms with Gasteiger partial charge in [0.15, 0.2) is 0 Å². The lowest BCUT2D eigenvalue weighted by Crippen LogP contribution is -2.37. The van der Waals surface area contributed by atoms with Gasteiger partial charge in [-0.1, -0.05) is 39.8 Å². The maximum atomic E-state index is 10.2. The quantitative estimate of drug-likeness (QED) is 0.796. The minimum Gasteiger partial charge on any atom is -0.491 e. The molecule has 3 nitrogen and oxygen atoms in total. The van der Waals surface area contributed by atoms with Gasteiger partial charge in [0.25, 0.3) is 0 Å². The van der Waals surface area contributed by atoms with Crippen molar-refractivity contribution in [3.05, 3.63) is 29.8 Å². The Kier molecular flexibility index (Phi) is 5.83. The Morgan fingerprint density at radius 1 is 1.26 bits per heavy atom. The van der Waals surface area contributed by atoms with Gasteiger partial charge in [-0.15, -0.1) is 0 Å². The predicted octanol–water partition coefficient (Wildman–Crippen LogP) is 2.97. The number of nitrogens with one attached hydrogen (secondary N) is 1. The Hall–Kier alpha value is -1.06. The van der Waals surface area contributed by atoms with Gasteiger partial charge in [-0.3, -0.25) is 0 Å². The second-order valence-corrected chi connectivity index (χ2v) is 5.98. The molecule has 0 heterocycles. The molecule has 0 aliphatic heterocycles. The zero-order chi connectivity index (χ0) is 14.5. The van der Waals surface area contributed by atoms with Crippen molar-refractivity contribution in [2.75, 3.05) is 6.61 Å². The van der Waals surface area contributed by atoms with E-state index in [2.05, 4.69) is 25.2 Å². The first-order chi connectivity index (χ1) is 8.81. The van der Waals surface area contributed by atoms with Gasteiger partial charge in [-0.25, -0.2) is 0 Å². The number of benzene rings is 1. The number of aliphatic hydroxyl groups is 1. The second-order valence-electron chi connectivity index (χ2n) is 5.98. The molecule has 0 amide bonds. The molecule has 0 fully saturated rings. The molecule has 0 saturated carbocycles. The highest BCUT2D eigenvalue weighted by molar-refractivity contribution is 5.28. The maximum Gasteiger partial charge on any atom is 0.119 e. The molecule has 108 valence electrons. The van der Waals surface area contributed by atoms with E-state index < -0.39 is 5.60 Å². The molecular weight excluding hydrogens is 238 g/mol. The maximum absolute atomic E-state index is 10.2. The van der Waals surface area contributed by atoms with Crippen molar-refractivity contribution in [3.8, 4) is 5.75 Å². The second kappa shape index (κ2) is 6.92. The third-order valence-electron chi connectivity index (χ3n) is 3.39. The summed E-state index contributed by atoms with van der Waals surface area (Å²) in [7, 11) is 0. The van der Waals surface area contributed by atoms with Crippen LogP contribution in [0.15, 0.2) is 24.3 Å². The predicted molar refractivity (Wildman–Crippen MR) is 79.4 cm³/mol. The van der Waals surface area contributed by atoms with Crippen LogP contribution in [-0.2, 0) is 6.54 Å². The molecule has 0 bridgehead atoms. The van der Waals surface area contributed by atoms with Crippen LogP contribution in [0.25, 0.3) is 0 Å². The fraction of sp³-hybridized carbons (Fsp3) is 0.625. The Labute approximate surface area is 117 Å². The van der Waals surface area contributed by atoms with Gasteiger partial charge < -0.3 is 15.2 Å². The minimum atomic E-state index is -0.799. The van der Waals surface area contributed by atoms with Crippen molar-refractivity contribution in [2.24, 2.45) is 5.92 Å². The highest BCUT2D eigenvalue weighted by Crippen LogP contribution is 2.19. The van der Waals surface area contributed by atoms with Gasteiger partial charge in [0.1, 0.15) is 12.4 Å². The molecule has 3 heteroatoms. The number of hydrogen-bond acceptors (Lipinski definition) is 3. The molecule has 0 aromatic heterocycles. The van der Waals surface area contributed by atoms with Gasteiger partial charge >= 0.3 is 0 Å². The first kappa shape index (κ1) is 16.0. The van der Waals surface area contributed by atoms with E-state index in [1.54, 1.807) is 0 Å². The van der Waals surface area contributed by atoms with Crippen molar-refractivity contribution < 1.29 is 9.84 Å². The van der Waals surface area contributed by atoms with E-state index in [1.165, 1.54) is 5.56 Å². The van der Waals surface area contributed by atoms with Crippen LogP contribution in [0.5, 0.6) is 5.75 Å². The van der Waals surface area contributed by atoms with E-state index >= 15 is 0 Å². The fourth-order valence-electron chi connectivity index (χ4n) is 1.46. The largest absolute Gasteiger partial charge is 0.491 e. The summed E-state index contributed by atoms with van der Waals surface area (Å²) in [4.78, 5) is 0. The average molecular weight is 265 g/mol. The SMILES string of the molecule is CC(C)NCc1cccc(OCC(C)(O)C(C)C)c1. The summed E-state index contributed by atoms with van der Waals surface area (Å²) < 4.78 is 5.70. The third kappa shape index (κ3) is 5.62. The highest BCUT2D eigenvalue weighted by atomic mass is 16.5. The van der Waals surface area contributed by atoms with Gasteiger partial charge in [-0.2, -0.15) is 0 Å². The van der Waals surface area contributed by atoms with Crippen LogP contribution in [0, 0.1) is 5.92 Å². The average Bonchev–Trinajstić information content (AvgIpc) is 2.34. The molecule has 1 unspecified atom stereocenters. The van der Waals surface area contributed by atoms with Crippen LogP contribution >= 0.6 is 0 Å². The van der Waals surface area contributed by atoms with Crippen molar-refractivity contribution in [2.45, 2.75) is 52.8 Å².